The van der Waals surface area contributed by atoms with Gasteiger partial charge in [-0.1, -0.05) is 12.6 Å². The number of rotatable bonds is 6. The van der Waals surface area contributed by atoms with Gasteiger partial charge in [-0.2, -0.15) is 18.3 Å². The second-order valence-electron chi connectivity index (χ2n) is 9.28. The van der Waals surface area contributed by atoms with Gasteiger partial charge in [-0.05, 0) is 60.1 Å². The van der Waals surface area contributed by atoms with Crippen LogP contribution in [0.1, 0.15) is 16.8 Å². The minimum Gasteiger partial charge on any atom is -0.352 e. The van der Waals surface area contributed by atoms with Crippen LogP contribution in [0.15, 0.2) is 61.4 Å². The molecule has 2 N–H and O–H groups in total. The van der Waals surface area contributed by atoms with Crippen LogP contribution in [0.2, 0.25) is 0 Å². The lowest BCUT2D eigenvalue weighted by Gasteiger charge is -2.32. The first-order valence-corrected chi connectivity index (χ1v) is 11.8. The highest BCUT2D eigenvalue weighted by Crippen LogP contribution is 2.36. The van der Waals surface area contributed by atoms with Crippen molar-refractivity contribution < 1.29 is 17.6 Å². The number of piperazine rings is 1. The number of aromatic amines is 1. The Morgan fingerprint density at radius 3 is 2.59 bits per heavy atom. The van der Waals surface area contributed by atoms with Gasteiger partial charge >= 0.3 is 6.18 Å². The molecule has 0 unspecified atom stereocenters. The van der Waals surface area contributed by atoms with Crippen LogP contribution in [-0.2, 0) is 12.7 Å². The number of aromatic nitrogens is 3. The van der Waals surface area contributed by atoms with Gasteiger partial charge in [-0.3, -0.25) is 15.0 Å². The van der Waals surface area contributed by atoms with Crippen LogP contribution in [0.25, 0.3) is 27.7 Å². The fraction of sp³-hybridized carbons (Fsp3) is 0.259. The molecule has 37 heavy (non-hydrogen) atoms. The zero-order chi connectivity index (χ0) is 26.2. The highest BCUT2D eigenvalue weighted by Gasteiger charge is 2.33. The SMILES string of the molecule is C=C(Nc1cnccc1C(F)(F)F)c1n[nH]c2ccc(-c3cc(F)cc(CN4CCN(C)CC4)c3)cc12. The molecule has 3 heterocycles. The summed E-state index contributed by atoms with van der Waals surface area (Å²) in [5, 5.41) is 10.5. The summed E-state index contributed by atoms with van der Waals surface area (Å²) in [4.78, 5) is 8.37. The Labute approximate surface area is 211 Å². The van der Waals surface area contributed by atoms with Crippen molar-refractivity contribution in [3.8, 4) is 11.1 Å². The summed E-state index contributed by atoms with van der Waals surface area (Å²) in [6.07, 6.45) is -2.36. The number of nitrogens with zero attached hydrogens (tertiary/aromatic N) is 4. The predicted octanol–water partition coefficient (Wildman–Crippen LogP) is 5.61. The van der Waals surface area contributed by atoms with Crippen LogP contribution in [-0.4, -0.2) is 58.2 Å². The average molecular weight is 511 g/mol. The molecule has 0 saturated carbocycles. The zero-order valence-corrected chi connectivity index (χ0v) is 20.2. The van der Waals surface area contributed by atoms with E-state index < -0.39 is 11.7 Å². The summed E-state index contributed by atoms with van der Waals surface area (Å²) >= 11 is 0. The first-order chi connectivity index (χ1) is 17.7. The standard InChI is InChI=1S/C27H26F4N6/c1-17(33-25-15-32-6-5-23(25)27(29,30)31)26-22-14-19(3-4-24(22)34-35-26)20-11-18(12-21(28)13-20)16-37-9-7-36(2)8-10-37/h3-6,11-15,33H,1,7-10,16H2,2H3,(H,34,35). The van der Waals surface area contributed by atoms with Gasteiger partial charge in [-0.25, -0.2) is 4.39 Å². The van der Waals surface area contributed by atoms with E-state index in [9.17, 15) is 17.6 Å². The number of hydrogen-bond acceptors (Lipinski definition) is 5. The van der Waals surface area contributed by atoms with Gasteiger partial charge in [0.05, 0.1) is 28.7 Å². The molecule has 1 aliphatic heterocycles. The molecule has 2 aromatic heterocycles. The molecule has 0 spiro atoms. The van der Waals surface area contributed by atoms with Crippen molar-refractivity contribution in [1.29, 1.82) is 0 Å². The maximum absolute atomic E-state index is 14.6. The third-order valence-electron chi connectivity index (χ3n) is 6.55. The number of alkyl halides is 3. The molecular formula is C27H26F4N6. The summed E-state index contributed by atoms with van der Waals surface area (Å²) in [5.41, 5.74) is 2.51. The van der Waals surface area contributed by atoms with Crippen molar-refractivity contribution in [1.82, 2.24) is 25.0 Å². The lowest BCUT2D eigenvalue weighted by molar-refractivity contribution is -0.137. The van der Waals surface area contributed by atoms with Crippen LogP contribution in [0.3, 0.4) is 0 Å². The van der Waals surface area contributed by atoms with E-state index in [0.29, 0.717) is 28.7 Å². The number of fused-ring (bicyclic) bond motifs is 1. The topological polar surface area (TPSA) is 60.1 Å². The Balaban J connectivity index is 1.43. The van der Waals surface area contributed by atoms with Gasteiger partial charge in [0.2, 0.25) is 0 Å². The van der Waals surface area contributed by atoms with Gasteiger partial charge in [0.15, 0.2) is 0 Å². The molecular weight excluding hydrogens is 484 g/mol. The Hall–Kier alpha value is -3.76. The monoisotopic (exact) mass is 510 g/mol. The Kier molecular flexibility index (Phi) is 6.70. The molecule has 1 fully saturated rings. The molecule has 6 nitrogen and oxygen atoms in total. The number of benzene rings is 2. The van der Waals surface area contributed by atoms with E-state index in [2.05, 4.69) is 43.9 Å². The second kappa shape index (κ2) is 9.95. The largest absolute Gasteiger partial charge is 0.418 e. The summed E-state index contributed by atoms with van der Waals surface area (Å²) in [6, 6.07) is 11.4. The number of pyridine rings is 1. The summed E-state index contributed by atoms with van der Waals surface area (Å²) in [6.45, 7) is 8.37. The molecule has 0 radical (unpaired) electrons. The van der Waals surface area contributed by atoms with E-state index in [1.807, 2.05) is 24.3 Å². The fourth-order valence-electron chi connectivity index (χ4n) is 4.56. The van der Waals surface area contributed by atoms with Crippen molar-refractivity contribution in [2.45, 2.75) is 12.7 Å². The normalized spacial score (nSPS) is 15.3. The van der Waals surface area contributed by atoms with Crippen molar-refractivity contribution in [2.24, 2.45) is 0 Å². The first kappa shape index (κ1) is 24.9. The molecule has 10 heteroatoms. The Morgan fingerprint density at radius 1 is 1.05 bits per heavy atom. The maximum atomic E-state index is 14.6. The molecule has 5 rings (SSSR count). The fourth-order valence-corrected chi connectivity index (χ4v) is 4.56. The number of nitrogens with one attached hydrogen (secondary N) is 2. The molecule has 0 bridgehead atoms. The van der Waals surface area contributed by atoms with Crippen LogP contribution in [0, 0.1) is 5.82 Å². The molecule has 2 aromatic carbocycles. The third kappa shape index (κ3) is 5.50. The molecule has 0 atom stereocenters. The lowest BCUT2D eigenvalue weighted by Crippen LogP contribution is -2.43. The molecule has 4 aromatic rings. The molecule has 1 aliphatic rings. The van der Waals surface area contributed by atoms with Gasteiger partial charge < -0.3 is 10.2 Å². The number of likely N-dealkylation sites (N-methyl/N-ethyl adjacent to an activating group) is 1. The molecule has 1 saturated heterocycles. The minimum atomic E-state index is -4.55. The minimum absolute atomic E-state index is 0.178. The van der Waals surface area contributed by atoms with E-state index in [0.717, 1.165) is 55.8 Å². The maximum Gasteiger partial charge on any atom is 0.418 e. The van der Waals surface area contributed by atoms with E-state index in [1.54, 1.807) is 6.07 Å². The van der Waals surface area contributed by atoms with Gasteiger partial charge in [-0.15, -0.1) is 0 Å². The van der Waals surface area contributed by atoms with Crippen molar-refractivity contribution >= 4 is 22.3 Å². The molecule has 192 valence electrons. The van der Waals surface area contributed by atoms with Crippen molar-refractivity contribution in [3.63, 3.8) is 0 Å². The van der Waals surface area contributed by atoms with Crippen LogP contribution >= 0.6 is 0 Å². The van der Waals surface area contributed by atoms with Gasteiger partial charge in [0, 0.05) is 44.3 Å². The van der Waals surface area contributed by atoms with Gasteiger partial charge in [0.1, 0.15) is 11.5 Å². The molecule has 0 aliphatic carbocycles. The highest BCUT2D eigenvalue weighted by molar-refractivity contribution is 5.95. The van der Waals surface area contributed by atoms with Gasteiger partial charge in [0.25, 0.3) is 0 Å². The summed E-state index contributed by atoms with van der Waals surface area (Å²) in [7, 11) is 2.09. The van der Waals surface area contributed by atoms with Crippen molar-refractivity contribution in [2.75, 3.05) is 38.5 Å². The lowest BCUT2D eigenvalue weighted by atomic mass is 10.00. The van der Waals surface area contributed by atoms with Crippen LogP contribution < -0.4 is 5.32 Å². The first-order valence-electron chi connectivity index (χ1n) is 11.8. The van der Waals surface area contributed by atoms with E-state index in [-0.39, 0.29) is 17.2 Å². The summed E-state index contributed by atoms with van der Waals surface area (Å²) in [5.74, 6) is -0.323. The predicted molar refractivity (Wildman–Crippen MR) is 136 cm³/mol. The highest BCUT2D eigenvalue weighted by atomic mass is 19.4. The second-order valence-corrected chi connectivity index (χ2v) is 9.28. The average Bonchev–Trinajstić information content (AvgIpc) is 3.28. The number of hydrogen-bond donors (Lipinski definition) is 2. The van der Waals surface area contributed by atoms with E-state index in [4.69, 9.17) is 0 Å². The smallest absolute Gasteiger partial charge is 0.352 e. The number of H-pyrrole nitrogens is 1. The Bertz CT molecular complexity index is 1440. The molecule has 0 amide bonds. The Morgan fingerprint density at radius 2 is 1.84 bits per heavy atom. The quantitative estimate of drug-likeness (QED) is 0.330. The zero-order valence-electron chi connectivity index (χ0n) is 20.2. The number of halogens is 4. The van der Waals surface area contributed by atoms with E-state index >= 15 is 0 Å². The van der Waals surface area contributed by atoms with Crippen LogP contribution in [0.5, 0.6) is 0 Å². The summed E-state index contributed by atoms with van der Waals surface area (Å²) < 4.78 is 54.8. The van der Waals surface area contributed by atoms with E-state index in [1.165, 1.54) is 6.07 Å². The van der Waals surface area contributed by atoms with Crippen molar-refractivity contribution in [3.05, 3.63) is 84.1 Å². The number of anilines is 1. The third-order valence-corrected chi connectivity index (χ3v) is 6.55. The van der Waals surface area contributed by atoms with Crippen LogP contribution in [0.4, 0.5) is 23.2 Å².